The molecule has 0 fully saturated rings. The van der Waals surface area contributed by atoms with Gasteiger partial charge in [-0.15, -0.1) is 0 Å². The topological polar surface area (TPSA) is 101 Å². The molecule has 3 aromatic rings. The number of nitrogen functional groups attached to an aromatic ring is 1. The van der Waals surface area contributed by atoms with Crippen molar-refractivity contribution in [2.24, 2.45) is 5.10 Å². The van der Waals surface area contributed by atoms with Crippen molar-refractivity contribution in [3.63, 3.8) is 0 Å². The number of aromatic nitrogens is 2. The third-order valence-electron chi connectivity index (χ3n) is 3.96. The van der Waals surface area contributed by atoms with E-state index in [4.69, 9.17) is 19.9 Å². The summed E-state index contributed by atoms with van der Waals surface area (Å²) in [6, 6.07) is 11.8. The monoisotopic (exact) mass is 394 g/mol. The largest absolute Gasteiger partial charge is 0.497 e. The summed E-state index contributed by atoms with van der Waals surface area (Å²) in [5.74, 6) is 1.23. The Hall–Kier alpha value is -3.81. The molecule has 3 rings (SSSR count). The zero-order valence-electron chi connectivity index (χ0n) is 16.5. The molecule has 1 heterocycles. The van der Waals surface area contributed by atoms with Crippen LogP contribution in [-0.2, 0) is 0 Å². The summed E-state index contributed by atoms with van der Waals surface area (Å²) >= 11 is 0. The lowest BCUT2D eigenvalue weighted by Crippen LogP contribution is -2.10. The number of aryl methyl sites for hydroxylation is 1. The lowest BCUT2D eigenvalue weighted by molar-refractivity contribution is 0.0728. The molecular weight excluding hydrogens is 372 g/mol. The van der Waals surface area contributed by atoms with Crippen LogP contribution in [0.15, 0.2) is 53.8 Å². The number of methoxy groups -OCH3 is 1. The van der Waals surface area contributed by atoms with E-state index in [2.05, 4.69) is 10.1 Å². The number of nitrogens with two attached hydrogens (primary N) is 1. The summed E-state index contributed by atoms with van der Waals surface area (Å²) in [5.41, 5.74) is 7.72. The first-order chi connectivity index (χ1) is 14.0. The Labute approximate surface area is 168 Å². The maximum atomic E-state index is 12.4. The van der Waals surface area contributed by atoms with Gasteiger partial charge in [0, 0.05) is 0 Å². The van der Waals surface area contributed by atoms with Crippen LogP contribution in [-0.4, -0.2) is 35.6 Å². The summed E-state index contributed by atoms with van der Waals surface area (Å²) < 4.78 is 17.7. The second kappa shape index (κ2) is 8.92. The van der Waals surface area contributed by atoms with Crippen LogP contribution in [0.2, 0.25) is 0 Å². The van der Waals surface area contributed by atoms with Crippen molar-refractivity contribution in [1.29, 1.82) is 0 Å². The Kier molecular flexibility index (Phi) is 6.13. The number of rotatable bonds is 7. The molecule has 0 bridgehead atoms. The van der Waals surface area contributed by atoms with Crippen LogP contribution in [0.5, 0.6) is 17.2 Å². The van der Waals surface area contributed by atoms with Gasteiger partial charge in [0.1, 0.15) is 5.75 Å². The molecule has 0 aliphatic heterocycles. The van der Waals surface area contributed by atoms with E-state index in [-0.39, 0.29) is 0 Å². The molecule has 8 nitrogen and oxygen atoms in total. The fourth-order valence-corrected chi connectivity index (χ4v) is 2.57. The van der Waals surface area contributed by atoms with Gasteiger partial charge in [0.25, 0.3) is 0 Å². The highest BCUT2D eigenvalue weighted by Crippen LogP contribution is 2.29. The average molecular weight is 394 g/mol. The summed E-state index contributed by atoms with van der Waals surface area (Å²) in [5, 5.41) is 4.28. The van der Waals surface area contributed by atoms with E-state index in [0.717, 1.165) is 11.3 Å². The van der Waals surface area contributed by atoms with Crippen LogP contribution in [0.25, 0.3) is 0 Å². The summed E-state index contributed by atoms with van der Waals surface area (Å²) in [7, 11) is 1.56. The molecule has 0 radical (unpaired) electrons. The SMILES string of the molecule is CCOc1cc(C=Nn2cc(C)nc2N)ccc1OC(=O)c1ccc(OC)cc1. The molecule has 0 unspecified atom stereocenters. The molecule has 8 heteroatoms. The van der Waals surface area contributed by atoms with Gasteiger partial charge in [-0.2, -0.15) is 5.10 Å². The van der Waals surface area contributed by atoms with Crippen molar-refractivity contribution in [2.45, 2.75) is 13.8 Å². The second-order valence-electron chi connectivity index (χ2n) is 6.09. The molecular formula is C21H22N4O4. The highest BCUT2D eigenvalue weighted by atomic mass is 16.6. The fourth-order valence-electron chi connectivity index (χ4n) is 2.57. The third-order valence-corrected chi connectivity index (χ3v) is 3.96. The minimum atomic E-state index is -0.489. The van der Waals surface area contributed by atoms with Crippen molar-refractivity contribution in [3.8, 4) is 17.2 Å². The van der Waals surface area contributed by atoms with E-state index >= 15 is 0 Å². The normalized spacial score (nSPS) is 10.9. The predicted octanol–water partition coefficient (Wildman–Crippen LogP) is 3.28. The van der Waals surface area contributed by atoms with Gasteiger partial charge < -0.3 is 19.9 Å². The number of hydrogen-bond acceptors (Lipinski definition) is 7. The lowest BCUT2D eigenvalue weighted by atomic mass is 10.2. The summed E-state index contributed by atoms with van der Waals surface area (Å²) in [4.78, 5) is 16.5. The second-order valence-corrected chi connectivity index (χ2v) is 6.09. The number of hydrogen-bond donors (Lipinski definition) is 1. The molecule has 0 aliphatic rings. The Bertz CT molecular complexity index is 1030. The van der Waals surface area contributed by atoms with E-state index in [9.17, 15) is 4.79 Å². The number of benzene rings is 2. The maximum absolute atomic E-state index is 12.4. The van der Waals surface area contributed by atoms with E-state index in [0.29, 0.717) is 35.4 Å². The van der Waals surface area contributed by atoms with Crippen LogP contribution in [0, 0.1) is 6.92 Å². The van der Waals surface area contributed by atoms with Gasteiger partial charge in [0.2, 0.25) is 5.95 Å². The fraction of sp³-hybridized carbons (Fsp3) is 0.190. The zero-order valence-corrected chi connectivity index (χ0v) is 16.5. The number of carbonyl (C=O) groups excluding carboxylic acids is 1. The van der Waals surface area contributed by atoms with Gasteiger partial charge >= 0.3 is 5.97 Å². The predicted molar refractivity (Wildman–Crippen MR) is 110 cm³/mol. The van der Waals surface area contributed by atoms with Crippen LogP contribution in [0.1, 0.15) is 28.5 Å². The van der Waals surface area contributed by atoms with Gasteiger partial charge in [-0.25, -0.2) is 14.5 Å². The molecule has 2 aromatic carbocycles. The Morgan fingerprint density at radius 3 is 2.59 bits per heavy atom. The number of esters is 1. The molecule has 0 atom stereocenters. The number of nitrogens with zero attached hydrogens (tertiary/aromatic N) is 3. The third kappa shape index (κ3) is 4.92. The number of imidazole rings is 1. The highest BCUT2D eigenvalue weighted by molar-refractivity contribution is 5.91. The van der Waals surface area contributed by atoms with Crippen molar-refractivity contribution in [1.82, 2.24) is 9.66 Å². The minimum Gasteiger partial charge on any atom is -0.497 e. The van der Waals surface area contributed by atoms with Crippen molar-refractivity contribution >= 4 is 18.1 Å². The summed E-state index contributed by atoms with van der Waals surface area (Å²) in [6.07, 6.45) is 3.34. The molecule has 0 aliphatic carbocycles. The van der Waals surface area contributed by atoms with E-state index in [1.165, 1.54) is 4.68 Å². The average Bonchev–Trinajstić information content (AvgIpc) is 3.05. The zero-order chi connectivity index (χ0) is 20.8. The smallest absolute Gasteiger partial charge is 0.343 e. The van der Waals surface area contributed by atoms with Gasteiger partial charge in [-0.3, -0.25) is 0 Å². The van der Waals surface area contributed by atoms with Crippen molar-refractivity contribution in [2.75, 3.05) is 19.5 Å². The summed E-state index contributed by atoms with van der Waals surface area (Å²) in [6.45, 7) is 4.10. The quantitative estimate of drug-likeness (QED) is 0.375. The van der Waals surface area contributed by atoms with Gasteiger partial charge in [0.05, 0.1) is 37.4 Å². The molecule has 0 spiro atoms. The highest BCUT2D eigenvalue weighted by Gasteiger charge is 2.13. The molecule has 0 saturated carbocycles. The molecule has 2 N–H and O–H groups in total. The van der Waals surface area contributed by atoms with Gasteiger partial charge in [-0.05, 0) is 61.9 Å². The van der Waals surface area contributed by atoms with Crippen LogP contribution in [0.4, 0.5) is 5.95 Å². The van der Waals surface area contributed by atoms with Gasteiger partial charge in [-0.1, -0.05) is 0 Å². The standard InChI is InChI=1S/C21H22N4O4/c1-4-28-19-11-15(12-23-25-13-14(2)24-21(25)22)5-10-18(19)29-20(26)16-6-8-17(27-3)9-7-16/h5-13H,4H2,1-3H3,(H2,22,24). The lowest BCUT2D eigenvalue weighted by Gasteiger charge is -2.11. The molecule has 29 heavy (non-hydrogen) atoms. The first kappa shape index (κ1) is 19.9. The van der Waals surface area contributed by atoms with E-state index in [1.54, 1.807) is 62.0 Å². The van der Waals surface area contributed by atoms with Crippen molar-refractivity contribution in [3.05, 3.63) is 65.5 Å². The number of carbonyl (C=O) groups is 1. The van der Waals surface area contributed by atoms with E-state index < -0.39 is 5.97 Å². The Morgan fingerprint density at radius 1 is 1.21 bits per heavy atom. The first-order valence-electron chi connectivity index (χ1n) is 8.99. The maximum Gasteiger partial charge on any atom is 0.343 e. The van der Waals surface area contributed by atoms with E-state index in [1.807, 2.05) is 13.8 Å². The molecule has 0 amide bonds. The van der Waals surface area contributed by atoms with Crippen LogP contribution < -0.4 is 19.9 Å². The number of ether oxygens (including phenoxy) is 3. The molecule has 1 aromatic heterocycles. The van der Waals surface area contributed by atoms with Crippen LogP contribution in [0.3, 0.4) is 0 Å². The Balaban J connectivity index is 1.79. The minimum absolute atomic E-state index is 0.300. The first-order valence-corrected chi connectivity index (χ1v) is 8.99. The Morgan fingerprint density at radius 2 is 1.97 bits per heavy atom. The van der Waals surface area contributed by atoms with Crippen molar-refractivity contribution < 1.29 is 19.0 Å². The molecule has 0 saturated heterocycles. The molecule has 150 valence electrons. The van der Waals surface area contributed by atoms with Gasteiger partial charge in [0.15, 0.2) is 11.5 Å². The number of anilines is 1. The van der Waals surface area contributed by atoms with Crippen LogP contribution >= 0.6 is 0 Å².